The summed E-state index contributed by atoms with van der Waals surface area (Å²) >= 11 is 0. The van der Waals surface area contributed by atoms with E-state index in [1.54, 1.807) is 18.6 Å². The Bertz CT molecular complexity index is 726. The molecule has 23 heavy (non-hydrogen) atoms. The number of aromatic nitrogens is 4. The average Bonchev–Trinajstić information content (AvgIpc) is 3.31. The van der Waals surface area contributed by atoms with Crippen molar-refractivity contribution in [3.8, 4) is 0 Å². The highest BCUT2D eigenvalue weighted by molar-refractivity contribution is 5.93. The first-order chi connectivity index (χ1) is 11.2. The van der Waals surface area contributed by atoms with Gasteiger partial charge in [-0.2, -0.15) is 0 Å². The third kappa shape index (κ3) is 2.93. The summed E-state index contributed by atoms with van der Waals surface area (Å²) in [5.74, 6) is 2.43. The predicted molar refractivity (Wildman–Crippen MR) is 84.0 cm³/mol. The van der Waals surface area contributed by atoms with E-state index in [1.807, 2.05) is 17.9 Å². The van der Waals surface area contributed by atoms with Gasteiger partial charge in [0.05, 0.1) is 5.56 Å². The van der Waals surface area contributed by atoms with Crippen LogP contribution in [0, 0.1) is 6.92 Å². The Kier molecular flexibility index (Phi) is 3.52. The molecule has 1 saturated heterocycles. The summed E-state index contributed by atoms with van der Waals surface area (Å²) < 4.78 is 0. The highest BCUT2D eigenvalue weighted by Crippen LogP contribution is 2.37. The fourth-order valence-electron chi connectivity index (χ4n) is 3.00. The highest BCUT2D eigenvalue weighted by Gasteiger charge is 2.31. The summed E-state index contributed by atoms with van der Waals surface area (Å²) in [7, 11) is 0. The largest absolute Gasteiger partial charge is 0.338 e. The van der Waals surface area contributed by atoms with Gasteiger partial charge in [-0.15, -0.1) is 0 Å². The van der Waals surface area contributed by atoms with Crippen molar-refractivity contribution in [2.75, 3.05) is 13.1 Å². The lowest BCUT2D eigenvalue weighted by Crippen LogP contribution is -2.29. The van der Waals surface area contributed by atoms with Crippen LogP contribution in [-0.2, 0) is 0 Å². The monoisotopic (exact) mass is 309 g/mol. The molecule has 2 aromatic rings. The summed E-state index contributed by atoms with van der Waals surface area (Å²) in [5.41, 5.74) is 1.53. The fourth-order valence-corrected chi connectivity index (χ4v) is 3.00. The predicted octanol–water partition coefficient (Wildman–Crippen LogP) is 2.08. The molecule has 0 unspecified atom stereocenters. The summed E-state index contributed by atoms with van der Waals surface area (Å²) in [6, 6.07) is 1.89. The summed E-state index contributed by atoms with van der Waals surface area (Å²) in [4.78, 5) is 32.0. The maximum absolute atomic E-state index is 12.6. The lowest BCUT2D eigenvalue weighted by Gasteiger charge is -2.16. The molecule has 2 fully saturated rings. The van der Waals surface area contributed by atoms with Crippen LogP contribution in [-0.4, -0.2) is 43.8 Å². The first kappa shape index (κ1) is 14.2. The Morgan fingerprint density at radius 1 is 1.09 bits per heavy atom. The molecular weight excluding hydrogens is 290 g/mol. The summed E-state index contributed by atoms with van der Waals surface area (Å²) in [6.45, 7) is 3.35. The van der Waals surface area contributed by atoms with E-state index >= 15 is 0 Å². The Balaban J connectivity index is 1.45. The van der Waals surface area contributed by atoms with Gasteiger partial charge < -0.3 is 4.90 Å². The zero-order chi connectivity index (χ0) is 15.8. The second kappa shape index (κ2) is 5.68. The van der Waals surface area contributed by atoms with Gasteiger partial charge in [-0.3, -0.25) is 4.79 Å². The number of amides is 1. The molecule has 0 bridgehead atoms. The normalized spacial score (nSPS) is 20.7. The SMILES string of the molecule is Cc1ccnc([C@H]2CCN(C(=O)c3cnc(C4CC4)nc3)C2)n1. The van der Waals surface area contributed by atoms with E-state index in [9.17, 15) is 4.79 Å². The van der Waals surface area contributed by atoms with E-state index in [2.05, 4.69) is 19.9 Å². The van der Waals surface area contributed by atoms with Crippen molar-refractivity contribution >= 4 is 5.91 Å². The van der Waals surface area contributed by atoms with Gasteiger partial charge in [0, 0.05) is 49.2 Å². The molecule has 1 amide bonds. The van der Waals surface area contributed by atoms with Crippen molar-refractivity contribution in [2.45, 2.75) is 38.0 Å². The summed E-state index contributed by atoms with van der Waals surface area (Å²) in [6.07, 6.45) is 8.34. The molecule has 1 saturated carbocycles. The minimum Gasteiger partial charge on any atom is -0.338 e. The van der Waals surface area contributed by atoms with E-state index in [1.165, 1.54) is 0 Å². The minimum absolute atomic E-state index is 0.00231. The van der Waals surface area contributed by atoms with Crippen molar-refractivity contribution < 1.29 is 4.79 Å². The topological polar surface area (TPSA) is 71.9 Å². The zero-order valence-electron chi connectivity index (χ0n) is 13.1. The zero-order valence-corrected chi connectivity index (χ0v) is 13.1. The van der Waals surface area contributed by atoms with Crippen LogP contribution in [0.3, 0.4) is 0 Å². The van der Waals surface area contributed by atoms with Gasteiger partial charge >= 0.3 is 0 Å². The standard InChI is InChI=1S/C17H19N5O/c1-11-4-6-18-16(21-11)13-5-7-22(10-13)17(23)14-8-19-15(20-9-14)12-2-3-12/h4,6,8-9,12-13H,2-3,5,7,10H2,1H3/t13-/m0/s1. The molecule has 2 aromatic heterocycles. The van der Waals surface area contributed by atoms with E-state index < -0.39 is 0 Å². The van der Waals surface area contributed by atoms with Gasteiger partial charge in [0.1, 0.15) is 11.6 Å². The van der Waals surface area contributed by atoms with Gasteiger partial charge in [-0.25, -0.2) is 19.9 Å². The molecule has 0 N–H and O–H groups in total. The first-order valence-electron chi connectivity index (χ1n) is 8.11. The van der Waals surface area contributed by atoms with Crippen molar-refractivity contribution in [2.24, 2.45) is 0 Å². The number of carbonyl (C=O) groups excluding carboxylic acids is 1. The van der Waals surface area contributed by atoms with Crippen LogP contribution in [0.2, 0.25) is 0 Å². The Morgan fingerprint density at radius 3 is 2.57 bits per heavy atom. The number of hydrogen-bond acceptors (Lipinski definition) is 5. The second-order valence-electron chi connectivity index (χ2n) is 6.40. The molecule has 3 heterocycles. The number of nitrogens with zero attached hydrogens (tertiary/aromatic N) is 5. The Morgan fingerprint density at radius 2 is 1.87 bits per heavy atom. The number of likely N-dealkylation sites (tertiary alicyclic amines) is 1. The highest BCUT2D eigenvalue weighted by atomic mass is 16.2. The number of hydrogen-bond donors (Lipinski definition) is 0. The van der Waals surface area contributed by atoms with Crippen LogP contribution >= 0.6 is 0 Å². The van der Waals surface area contributed by atoms with Crippen molar-refractivity contribution in [1.82, 2.24) is 24.8 Å². The minimum atomic E-state index is 0.00231. The van der Waals surface area contributed by atoms with Crippen LogP contribution in [0.15, 0.2) is 24.7 Å². The van der Waals surface area contributed by atoms with E-state index in [0.717, 1.165) is 43.1 Å². The molecule has 1 aliphatic heterocycles. The lowest BCUT2D eigenvalue weighted by atomic mass is 10.1. The van der Waals surface area contributed by atoms with Crippen LogP contribution in [0.4, 0.5) is 0 Å². The van der Waals surface area contributed by atoms with Gasteiger partial charge in [-0.05, 0) is 32.3 Å². The third-order valence-electron chi connectivity index (χ3n) is 4.52. The Labute approximate surface area is 135 Å². The maximum atomic E-state index is 12.6. The van der Waals surface area contributed by atoms with E-state index in [-0.39, 0.29) is 11.8 Å². The molecule has 4 rings (SSSR count). The summed E-state index contributed by atoms with van der Waals surface area (Å²) in [5, 5.41) is 0. The smallest absolute Gasteiger partial charge is 0.257 e. The molecule has 0 aromatic carbocycles. The van der Waals surface area contributed by atoms with Crippen LogP contribution in [0.5, 0.6) is 0 Å². The fraction of sp³-hybridized carbons (Fsp3) is 0.471. The number of rotatable bonds is 3. The Hall–Kier alpha value is -2.37. The second-order valence-corrected chi connectivity index (χ2v) is 6.40. The van der Waals surface area contributed by atoms with Crippen LogP contribution in [0.25, 0.3) is 0 Å². The third-order valence-corrected chi connectivity index (χ3v) is 4.52. The van der Waals surface area contributed by atoms with Gasteiger partial charge in [0.25, 0.3) is 5.91 Å². The molecular formula is C17H19N5O. The number of aryl methyl sites for hydroxylation is 1. The maximum Gasteiger partial charge on any atom is 0.257 e. The molecule has 1 atom stereocenters. The molecule has 0 spiro atoms. The number of carbonyl (C=O) groups is 1. The molecule has 118 valence electrons. The quantitative estimate of drug-likeness (QED) is 0.868. The molecule has 6 heteroatoms. The van der Waals surface area contributed by atoms with Gasteiger partial charge in [0.15, 0.2) is 0 Å². The van der Waals surface area contributed by atoms with Crippen LogP contribution < -0.4 is 0 Å². The molecule has 1 aliphatic carbocycles. The van der Waals surface area contributed by atoms with Crippen molar-refractivity contribution in [1.29, 1.82) is 0 Å². The lowest BCUT2D eigenvalue weighted by molar-refractivity contribution is 0.0789. The van der Waals surface area contributed by atoms with E-state index in [0.29, 0.717) is 18.0 Å². The molecule has 2 aliphatic rings. The molecule has 0 radical (unpaired) electrons. The van der Waals surface area contributed by atoms with Crippen molar-refractivity contribution in [3.05, 3.63) is 47.6 Å². The van der Waals surface area contributed by atoms with Gasteiger partial charge in [-0.1, -0.05) is 0 Å². The molecule has 6 nitrogen and oxygen atoms in total. The van der Waals surface area contributed by atoms with Crippen molar-refractivity contribution in [3.63, 3.8) is 0 Å². The average molecular weight is 309 g/mol. The van der Waals surface area contributed by atoms with Gasteiger partial charge in [0.2, 0.25) is 0 Å². The van der Waals surface area contributed by atoms with E-state index in [4.69, 9.17) is 0 Å². The first-order valence-corrected chi connectivity index (χ1v) is 8.11. The van der Waals surface area contributed by atoms with Crippen LogP contribution in [0.1, 0.15) is 58.8 Å².